The second-order valence-electron chi connectivity index (χ2n) is 8.70. The Bertz CT molecular complexity index is 1020. The molecule has 0 unspecified atom stereocenters. The highest BCUT2D eigenvalue weighted by Gasteiger charge is 2.64. The summed E-state index contributed by atoms with van der Waals surface area (Å²) in [7, 11) is 0.183. The minimum Gasteiger partial charge on any atom is -0.497 e. The fourth-order valence-electron chi connectivity index (χ4n) is 5.23. The van der Waals surface area contributed by atoms with Crippen LogP contribution >= 0.6 is 0 Å². The van der Waals surface area contributed by atoms with E-state index in [1.165, 1.54) is 0 Å². The van der Waals surface area contributed by atoms with Gasteiger partial charge in [0.1, 0.15) is 16.6 Å². The van der Waals surface area contributed by atoms with Crippen molar-refractivity contribution >= 4 is 10.0 Å². The van der Waals surface area contributed by atoms with Crippen LogP contribution in [0.2, 0.25) is 0 Å². The Morgan fingerprint density at radius 3 is 2.73 bits per heavy atom. The number of benzene rings is 1. The van der Waals surface area contributed by atoms with Gasteiger partial charge in [-0.3, -0.25) is 9.58 Å². The molecule has 0 saturated carbocycles. The summed E-state index contributed by atoms with van der Waals surface area (Å²) in [6.45, 7) is 3.10. The number of rotatable bonds is 6. The largest absolute Gasteiger partial charge is 0.497 e. The molecule has 2 aromatic rings. The van der Waals surface area contributed by atoms with Gasteiger partial charge in [0.2, 0.25) is 10.0 Å². The number of hydrogen-bond acceptors (Lipinski definition) is 6. The summed E-state index contributed by atoms with van der Waals surface area (Å²) in [6.07, 6.45) is 5.14. The molecule has 30 heavy (non-hydrogen) atoms. The number of aryl methyl sites for hydroxylation is 1. The number of ether oxygens (including phenoxy) is 2. The quantitative estimate of drug-likeness (QED) is 0.679. The van der Waals surface area contributed by atoms with Crippen molar-refractivity contribution in [3.63, 3.8) is 0 Å². The smallest absolute Gasteiger partial charge is 0.220 e. The van der Waals surface area contributed by atoms with Gasteiger partial charge in [-0.2, -0.15) is 9.40 Å². The molecule has 3 saturated heterocycles. The van der Waals surface area contributed by atoms with Gasteiger partial charge in [0.05, 0.1) is 19.4 Å². The van der Waals surface area contributed by atoms with Crippen LogP contribution in [-0.2, 0) is 34.8 Å². The van der Waals surface area contributed by atoms with E-state index in [-0.39, 0.29) is 6.10 Å². The van der Waals surface area contributed by atoms with Crippen molar-refractivity contribution in [3.8, 4) is 5.75 Å². The highest BCUT2D eigenvalue weighted by atomic mass is 32.2. The number of aromatic nitrogens is 2. The topological polar surface area (TPSA) is 76.9 Å². The monoisotopic (exact) mass is 432 g/mol. The predicted molar refractivity (Wildman–Crippen MR) is 112 cm³/mol. The van der Waals surface area contributed by atoms with Crippen LogP contribution in [0.4, 0.5) is 0 Å². The summed E-state index contributed by atoms with van der Waals surface area (Å²) < 4.78 is 41.6. The van der Waals surface area contributed by atoms with Crippen LogP contribution in [-0.4, -0.2) is 77.6 Å². The Kier molecular flexibility index (Phi) is 4.89. The first-order chi connectivity index (χ1) is 14.4. The SMILES string of the molecule is COc1ccc(CCN2C[C@]34CN(Cc5cnn(C)c5)C[C@H](C[C@H]3S2(=O)=O)O4)cc1. The lowest BCUT2D eigenvalue weighted by molar-refractivity contribution is -0.109. The zero-order valence-corrected chi connectivity index (χ0v) is 18.2. The summed E-state index contributed by atoms with van der Waals surface area (Å²) in [5.74, 6) is 0.802. The van der Waals surface area contributed by atoms with E-state index in [9.17, 15) is 8.42 Å². The standard InChI is InChI=1S/C21H28N4O4S/c1-23-11-17(10-22-23)12-24-13-19-9-20-21(14-24,29-19)15-25(30(20,26)27)8-7-16-3-5-18(28-2)6-4-16/h3-6,10-11,19-20H,7-9,12-15H2,1-2H3/t19-,20+,21+/m0/s1. The number of fused-ring (bicyclic) bond motifs is 1. The first kappa shape index (κ1) is 20.0. The number of morpholine rings is 1. The van der Waals surface area contributed by atoms with Crippen molar-refractivity contribution in [2.24, 2.45) is 7.05 Å². The molecule has 1 aromatic carbocycles. The van der Waals surface area contributed by atoms with Crippen LogP contribution in [0.3, 0.4) is 0 Å². The molecule has 0 aliphatic carbocycles. The van der Waals surface area contributed by atoms with Crippen molar-refractivity contribution in [3.05, 3.63) is 47.8 Å². The minimum absolute atomic E-state index is 0.0149. The van der Waals surface area contributed by atoms with Crippen LogP contribution in [0.25, 0.3) is 0 Å². The lowest BCUT2D eigenvalue weighted by atomic mass is 9.99. The third kappa shape index (κ3) is 3.43. The van der Waals surface area contributed by atoms with Gasteiger partial charge >= 0.3 is 0 Å². The minimum atomic E-state index is -3.36. The molecule has 5 rings (SSSR count). The van der Waals surface area contributed by atoms with Gasteiger partial charge in [-0.1, -0.05) is 12.1 Å². The fourth-order valence-corrected chi connectivity index (χ4v) is 7.54. The average Bonchev–Trinajstić information content (AvgIpc) is 3.30. The first-order valence-corrected chi connectivity index (χ1v) is 11.9. The molecule has 8 nitrogen and oxygen atoms in total. The van der Waals surface area contributed by atoms with Gasteiger partial charge in [0.15, 0.2) is 0 Å². The normalized spacial score (nSPS) is 30.5. The Balaban J connectivity index is 1.29. The molecule has 0 amide bonds. The highest BCUT2D eigenvalue weighted by molar-refractivity contribution is 7.90. The van der Waals surface area contributed by atoms with Crippen LogP contribution in [0, 0.1) is 0 Å². The van der Waals surface area contributed by atoms with E-state index in [1.807, 2.05) is 43.7 Å². The number of sulfonamides is 1. The number of methoxy groups -OCH3 is 1. The molecular weight excluding hydrogens is 404 g/mol. The summed E-state index contributed by atoms with van der Waals surface area (Å²) in [4.78, 5) is 2.33. The molecule has 0 radical (unpaired) electrons. The second-order valence-corrected chi connectivity index (χ2v) is 10.8. The van der Waals surface area contributed by atoms with Crippen LogP contribution in [0.5, 0.6) is 5.75 Å². The molecular formula is C21H28N4O4S. The van der Waals surface area contributed by atoms with Crippen molar-refractivity contribution in [1.29, 1.82) is 0 Å². The first-order valence-electron chi connectivity index (χ1n) is 10.4. The lowest BCUT2D eigenvalue weighted by Gasteiger charge is -2.39. The van der Waals surface area contributed by atoms with Crippen LogP contribution < -0.4 is 4.74 Å². The van der Waals surface area contributed by atoms with Gasteiger partial charge in [0, 0.05) is 51.5 Å². The third-order valence-corrected chi connectivity index (χ3v) is 8.93. The molecule has 3 atom stereocenters. The summed E-state index contributed by atoms with van der Waals surface area (Å²) in [5.41, 5.74) is 1.62. The van der Waals surface area contributed by atoms with Gasteiger partial charge < -0.3 is 9.47 Å². The summed E-state index contributed by atoms with van der Waals surface area (Å²) in [5, 5.41) is 3.81. The molecule has 2 bridgehead atoms. The molecule has 1 aromatic heterocycles. The van der Waals surface area contributed by atoms with Crippen molar-refractivity contribution in [1.82, 2.24) is 19.0 Å². The average molecular weight is 433 g/mol. The van der Waals surface area contributed by atoms with E-state index in [0.717, 1.165) is 30.0 Å². The molecule has 1 spiro atoms. The molecule has 0 N–H and O–H groups in total. The molecule has 3 fully saturated rings. The van der Waals surface area contributed by atoms with Gasteiger partial charge in [-0.25, -0.2) is 8.42 Å². The second kappa shape index (κ2) is 7.33. The van der Waals surface area contributed by atoms with E-state index in [0.29, 0.717) is 32.5 Å². The van der Waals surface area contributed by atoms with E-state index in [2.05, 4.69) is 10.00 Å². The predicted octanol–water partition coefficient (Wildman–Crippen LogP) is 1.03. The maximum atomic E-state index is 13.3. The molecule has 4 heterocycles. The van der Waals surface area contributed by atoms with E-state index >= 15 is 0 Å². The number of likely N-dealkylation sites (tertiary alicyclic amines) is 1. The Hall–Kier alpha value is -1.94. The molecule has 3 aliphatic heterocycles. The van der Waals surface area contributed by atoms with E-state index in [1.54, 1.807) is 16.1 Å². The van der Waals surface area contributed by atoms with Crippen LogP contribution in [0.15, 0.2) is 36.7 Å². The van der Waals surface area contributed by atoms with Crippen LogP contribution in [0.1, 0.15) is 17.5 Å². The lowest BCUT2D eigenvalue weighted by Crippen LogP contribution is -2.54. The third-order valence-electron chi connectivity index (χ3n) is 6.56. The Morgan fingerprint density at radius 2 is 2.03 bits per heavy atom. The fraction of sp³-hybridized carbons (Fsp3) is 0.571. The van der Waals surface area contributed by atoms with Crippen molar-refractivity contribution in [2.45, 2.75) is 36.3 Å². The summed E-state index contributed by atoms with van der Waals surface area (Å²) >= 11 is 0. The zero-order chi connectivity index (χ0) is 20.9. The van der Waals surface area contributed by atoms with E-state index in [4.69, 9.17) is 9.47 Å². The molecule has 3 aliphatic rings. The molecule has 162 valence electrons. The van der Waals surface area contributed by atoms with Gasteiger partial charge in [-0.15, -0.1) is 0 Å². The van der Waals surface area contributed by atoms with Gasteiger partial charge in [0.25, 0.3) is 0 Å². The maximum Gasteiger partial charge on any atom is 0.220 e. The van der Waals surface area contributed by atoms with Gasteiger partial charge in [-0.05, 0) is 30.5 Å². The highest BCUT2D eigenvalue weighted by Crippen LogP contribution is 2.46. The zero-order valence-electron chi connectivity index (χ0n) is 17.4. The van der Waals surface area contributed by atoms with Crippen molar-refractivity contribution < 1.29 is 17.9 Å². The summed E-state index contributed by atoms with van der Waals surface area (Å²) in [6, 6.07) is 7.80. The Labute approximate surface area is 177 Å². The van der Waals surface area contributed by atoms with Crippen molar-refractivity contribution in [2.75, 3.05) is 33.3 Å². The van der Waals surface area contributed by atoms with E-state index < -0.39 is 20.9 Å². The molecule has 9 heteroatoms. The maximum absolute atomic E-state index is 13.3. The number of hydrogen-bond donors (Lipinski definition) is 0. The number of nitrogens with zero attached hydrogens (tertiary/aromatic N) is 4. The Morgan fingerprint density at radius 1 is 1.23 bits per heavy atom.